The molecule has 7 heteroatoms. The lowest BCUT2D eigenvalue weighted by molar-refractivity contribution is -0.129. The van der Waals surface area contributed by atoms with Gasteiger partial charge in [-0.25, -0.2) is 4.39 Å². The zero-order valence-electron chi connectivity index (χ0n) is 16.7. The van der Waals surface area contributed by atoms with E-state index in [4.69, 9.17) is 9.15 Å². The Balaban J connectivity index is 1.45. The van der Waals surface area contributed by atoms with Crippen LogP contribution in [0, 0.1) is 11.7 Å². The van der Waals surface area contributed by atoms with Crippen molar-refractivity contribution in [1.29, 1.82) is 0 Å². The van der Waals surface area contributed by atoms with Crippen LogP contribution in [0.4, 0.5) is 15.8 Å². The Labute approximate surface area is 177 Å². The molecule has 6 nitrogen and oxygen atoms in total. The maximum atomic E-state index is 13.1. The Morgan fingerprint density at radius 2 is 1.87 bits per heavy atom. The van der Waals surface area contributed by atoms with Crippen molar-refractivity contribution in [3.05, 3.63) is 66.5 Å². The minimum atomic E-state index is -0.832. The summed E-state index contributed by atoms with van der Waals surface area (Å²) in [4.78, 5) is 27.3. The molecule has 1 fully saturated rings. The number of carbonyl (C=O) groups excluding carboxylic acids is 2. The summed E-state index contributed by atoms with van der Waals surface area (Å²) in [6, 6.07) is 16.8. The van der Waals surface area contributed by atoms with Crippen molar-refractivity contribution in [1.82, 2.24) is 0 Å². The first-order valence-corrected chi connectivity index (χ1v) is 9.92. The minimum absolute atomic E-state index is 0.312. The number of methoxy groups -OCH3 is 1. The van der Waals surface area contributed by atoms with Crippen LogP contribution in [-0.4, -0.2) is 25.5 Å². The maximum Gasteiger partial charge on any atom is 0.239 e. The number of nitrogens with one attached hydrogen (secondary N) is 1. The van der Waals surface area contributed by atoms with Crippen LogP contribution in [0.2, 0.25) is 0 Å². The second kappa shape index (κ2) is 7.43. The molecule has 0 radical (unpaired) electrons. The van der Waals surface area contributed by atoms with Crippen molar-refractivity contribution >= 4 is 45.1 Å². The number of ether oxygens (including phenoxy) is 1. The van der Waals surface area contributed by atoms with E-state index in [1.807, 2.05) is 30.3 Å². The molecule has 0 bridgehead atoms. The topological polar surface area (TPSA) is 71.8 Å². The molecule has 1 atom stereocenters. The molecular formula is C24H19FN2O4. The van der Waals surface area contributed by atoms with Crippen molar-refractivity contribution < 1.29 is 23.1 Å². The standard InChI is InChI=1S/C24H19FN2O4/c1-30-22-12-18-16-4-2-3-5-20(16)31-21(18)13-19(22)27-11-10-17(24(27)29)23(28)26-15-8-6-14(25)7-9-15/h2-9,12-13,17H,10-11H2,1H3,(H,26,28)/t17-/m0/s1. The zero-order chi connectivity index (χ0) is 21.5. The number of para-hydroxylation sites is 1. The molecule has 5 rings (SSSR count). The fourth-order valence-corrected chi connectivity index (χ4v) is 4.04. The Morgan fingerprint density at radius 3 is 2.65 bits per heavy atom. The largest absolute Gasteiger partial charge is 0.495 e. The molecule has 0 unspecified atom stereocenters. The van der Waals surface area contributed by atoms with Gasteiger partial charge in [0.15, 0.2) is 0 Å². The normalized spacial score (nSPS) is 16.3. The van der Waals surface area contributed by atoms with Gasteiger partial charge in [0.1, 0.15) is 28.7 Å². The second-order valence-electron chi connectivity index (χ2n) is 7.45. The fourth-order valence-electron chi connectivity index (χ4n) is 4.04. The number of hydrogen-bond acceptors (Lipinski definition) is 4. The molecule has 1 aromatic heterocycles. The summed E-state index contributed by atoms with van der Waals surface area (Å²) < 4.78 is 24.6. The van der Waals surface area contributed by atoms with Crippen molar-refractivity contribution in [3.63, 3.8) is 0 Å². The summed E-state index contributed by atoms with van der Waals surface area (Å²) >= 11 is 0. The van der Waals surface area contributed by atoms with E-state index < -0.39 is 17.6 Å². The number of anilines is 2. The van der Waals surface area contributed by atoms with Crippen LogP contribution >= 0.6 is 0 Å². The van der Waals surface area contributed by atoms with Gasteiger partial charge in [0.05, 0.1) is 12.8 Å². The Morgan fingerprint density at radius 1 is 1.10 bits per heavy atom. The molecule has 1 saturated heterocycles. The number of furan rings is 1. The van der Waals surface area contributed by atoms with Gasteiger partial charge in [-0.3, -0.25) is 9.59 Å². The first kappa shape index (κ1) is 19.1. The van der Waals surface area contributed by atoms with E-state index in [1.165, 1.54) is 24.3 Å². The number of amides is 2. The first-order valence-electron chi connectivity index (χ1n) is 9.92. The highest BCUT2D eigenvalue weighted by Crippen LogP contribution is 2.40. The highest BCUT2D eigenvalue weighted by Gasteiger charge is 2.39. The molecule has 4 aromatic rings. The van der Waals surface area contributed by atoms with E-state index in [9.17, 15) is 14.0 Å². The third kappa shape index (κ3) is 3.28. The van der Waals surface area contributed by atoms with Crippen molar-refractivity contribution in [2.45, 2.75) is 6.42 Å². The average Bonchev–Trinajstić information content (AvgIpc) is 3.34. The number of rotatable bonds is 4. The highest BCUT2D eigenvalue weighted by atomic mass is 19.1. The maximum absolute atomic E-state index is 13.1. The van der Waals surface area contributed by atoms with Gasteiger partial charge in [0.25, 0.3) is 0 Å². The van der Waals surface area contributed by atoms with E-state index in [1.54, 1.807) is 18.1 Å². The quantitative estimate of drug-likeness (QED) is 0.487. The van der Waals surface area contributed by atoms with Crippen LogP contribution in [0.1, 0.15) is 6.42 Å². The van der Waals surface area contributed by atoms with Crippen LogP contribution in [0.25, 0.3) is 21.9 Å². The molecule has 2 amide bonds. The lowest BCUT2D eigenvalue weighted by Gasteiger charge is -2.19. The van der Waals surface area contributed by atoms with Crippen LogP contribution in [0.15, 0.2) is 65.1 Å². The summed E-state index contributed by atoms with van der Waals surface area (Å²) in [6.07, 6.45) is 0.368. The third-order valence-electron chi connectivity index (χ3n) is 5.60. The van der Waals surface area contributed by atoms with E-state index in [-0.39, 0.29) is 5.91 Å². The predicted octanol–water partition coefficient (Wildman–Crippen LogP) is 4.73. The van der Waals surface area contributed by atoms with Crippen LogP contribution in [-0.2, 0) is 9.59 Å². The molecule has 3 aromatic carbocycles. The van der Waals surface area contributed by atoms with Gasteiger partial charge in [0.2, 0.25) is 11.8 Å². The highest BCUT2D eigenvalue weighted by molar-refractivity contribution is 6.15. The summed E-state index contributed by atoms with van der Waals surface area (Å²) in [6.45, 7) is 0.377. The van der Waals surface area contributed by atoms with Gasteiger partial charge in [-0.2, -0.15) is 0 Å². The molecule has 2 heterocycles. The first-order chi connectivity index (χ1) is 15.0. The number of carbonyl (C=O) groups is 2. The Bertz CT molecular complexity index is 1310. The average molecular weight is 418 g/mol. The number of fused-ring (bicyclic) bond motifs is 3. The lowest BCUT2D eigenvalue weighted by atomic mass is 10.1. The van der Waals surface area contributed by atoms with Gasteiger partial charge in [0, 0.05) is 29.1 Å². The van der Waals surface area contributed by atoms with E-state index >= 15 is 0 Å². The predicted molar refractivity (Wildman–Crippen MR) is 116 cm³/mol. The van der Waals surface area contributed by atoms with Gasteiger partial charge >= 0.3 is 0 Å². The number of hydrogen-bond donors (Lipinski definition) is 1. The van der Waals surface area contributed by atoms with Gasteiger partial charge < -0.3 is 19.4 Å². The number of benzene rings is 3. The zero-order valence-corrected chi connectivity index (χ0v) is 16.7. The number of halogens is 1. The van der Waals surface area contributed by atoms with Crippen LogP contribution in [0.5, 0.6) is 5.75 Å². The third-order valence-corrected chi connectivity index (χ3v) is 5.60. The van der Waals surface area contributed by atoms with Gasteiger partial charge in [-0.1, -0.05) is 18.2 Å². The van der Waals surface area contributed by atoms with Gasteiger partial charge in [-0.05, 0) is 42.8 Å². The Kier molecular flexibility index (Phi) is 4.58. The monoisotopic (exact) mass is 418 g/mol. The summed E-state index contributed by atoms with van der Waals surface area (Å²) in [5.74, 6) is -1.42. The van der Waals surface area contributed by atoms with Crippen LogP contribution in [0.3, 0.4) is 0 Å². The molecule has 1 aliphatic rings. The van der Waals surface area contributed by atoms with Crippen molar-refractivity contribution in [2.75, 3.05) is 23.9 Å². The van der Waals surface area contributed by atoms with E-state index in [0.29, 0.717) is 35.7 Å². The molecule has 31 heavy (non-hydrogen) atoms. The van der Waals surface area contributed by atoms with Crippen molar-refractivity contribution in [2.24, 2.45) is 5.92 Å². The smallest absolute Gasteiger partial charge is 0.239 e. The molecule has 0 spiro atoms. The molecule has 0 aliphatic carbocycles. The van der Waals surface area contributed by atoms with Crippen LogP contribution < -0.4 is 15.0 Å². The SMILES string of the molecule is COc1cc2c(cc1N1CC[C@@H](C(=O)Nc3ccc(F)cc3)C1=O)oc1ccccc12. The molecule has 0 saturated carbocycles. The van der Waals surface area contributed by atoms with Gasteiger partial charge in [-0.15, -0.1) is 0 Å². The second-order valence-corrected chi connectivity index (χ2v) is 7.45. The fraction of sp³-hybridized carbons (Fsp3) is 0.167. The lowest BCUT2D eigenvalue weighted by Crippen LogP contribution is -2.33. The summed E-state index contributed by atoms with van der Waals surface area (Å²) in [7, 11) is 1.55. The molecule has 1 N–H and O–H groups in total. The van der Waals surface area contributed by atoms with E-state index in [2.05, 4.69) is 5.32 Å². The van der Waals surface area contributed by atoms with Crippen molar-refractivity contribution in [3.8, 4) is 5.75 Å². The number of nitrogens with zero attached hydrogens (tertiary/aromatic N) is 1. The molecule has 1 aliphatic heterocycles. The Hall–Kier alpha value is -3.87. The molecule has 156 valence electrons. The summed E-state index contributed by atoms with van der Waals surface area (Å²) in [5, 5.41) is 4.55. The minimum Gasteiger partial charge on any atom is -0.495 e. The summed E-state index contributed by atoms with van der Waals surface area (Å²) in [5.41, 5.74) is 2.40. The molecular weight excluding hydrogens is 399 g/mol. The van der Waals surface area contributed by atoms with E-state index in [0.717, 1.165) is 16.4 Å².